The van der Waals surface area contributed by atoms with Crippen LogP contribution in [0.15, 0.2) is 0 Å². The van der Waals surface area contributed by atoms with E-state index in [1.165, 1.54) is 0 Å². The summed E-state index contributed by atoms with van der Waals surface area (Å²) in [6.45, 7) is 9.24. The molecular formula is C13H22N4O2. The summed E-state index contributed by atoms with van der Waals surface area (Å²) in [4.78, 5) is 23.3. The molecule has 0 radical (unpaired) electrons. The number of carbonyl (C=O) groups is 2. The number of aromatic amines is 1. The Kier molecular flexibility index (Phi) is 4.69. The van der Waals surface area contributed by atoms with Crippen LogP contribution in [0.3, 0.4) is 0 Å². The van der Waals surface area contributed by atoms with Crippen LogP contribution in [0.1, 0.15) is 39.0 Å². The molecule has 0 unspecified atom stereocenters. The summed E-state index contributed by atoms with van der Waals surface area (Å²) in [6.07, 6.45) is 0.829. The van der Waals surface area contributed by atoms with Crippen LogP contribution >= 0.6 is 0 Å². The van der Waals surface area contributed by atoms with Crippen molar-refractivity contribution in [3.63, 3.8) is 0 Å². The fraction of sp³-hybridized carbons (Fsp3) is 0.615. The number of hydrogen-bond donors (Lipinski definition) is 3. The zero-order chi connectivity index (χ0) is 14.6. The second-order valence-electron chi connectivity index (χ2n) is 5.51. The maximum atomic E-state index is 11.7. The number of aryl methyl sites for hydroxylation is 1. The molecule has 0 spiro atoms. The maximum absolute atomic E-state index is 11.7. The number of H-pyrrole nitrogens is 1. The number of hydrogen-bond acceptors (Lipinski definition) is 3. The first-order valence-electron chi connectivity index (χ1n) is 6.37. The Balaban J connectivity index is 2.52. The predicted octanol–water partition coefficient (Wildman–Crippen LogP) is 1.38. The molecule has 0 fully saturated rings. The van der Waals surface area contributed by atoms with Crippen LogP contribution in [-0.2, 0) is 16.0 Å². The maximum Gasteiger partial charge on any atom is 0.244 e. The molecule has 0 saturated heterocycles. The van der Waals surface area contributed by atoms with Gasteiger partial charge in [-0.05, 0) is 13.3 Å². The van der Waals surface area contributed by atoms with E-state index < -0.39 is 5.41 Å². The summed E-state index contributed by atoms with van der Waals surface area (Å²) < 4.78 is 0. The van der Waals surface area contributed by atoms with Crippen molar-refractivity contribution in [1.82, 2.24) is 15.5 Å². The first-order chi connectivity index (χ1) is 8.75. The zero-order valence-electron chi connectivity index (χ0n) is 12.2. The van der Waals surface area contributed by atoms with Gasteiger partial charge in [-0.15, -0.1) is 0 Å². The highest BCUT2D eigenvalue weighted by Crippen LogP contribution is 2.15. The minimum Gasteiger partial charge on any atom is -0.347 e. The number of aromatic nitrogens is 2. The number of rotatable bonds is 4. The van der Waals surface area contributed by atoms with Crippen molar-refractivity contribution in [1.29, 1.82) is 0 Å². The molecule has 106 valence electrons. The van der Waals surface area contributed by atoms with Crippen LogP contribution in [0.5, 0.6) is 0 Å². The predicted molar refractivity (Wildman–Crippen MR) is 73.8 cm³/mol. The van der Waals surface area contributed by atoms with Crippen molar-refractivity contribution in [2.75, 3.05) is 11.9 Å². The standard InChI is InChI=1S/C13H22N4O2/c1-6-9-8(2)11(17-16-9)15-10(18)7-14-12(19)13(3,4)5/h6-7H2,1-5H3,(H,14,19)(H2,15,16,17,18). The van der Waals surface area contributed by atoms with Crippen LogP contribution in [0.2, 0.25) is 0 Å². The topological polar surface area (TPSA) is 86.9 Å². The third kappa shape index (κ3) is 4.08. The van der Waals surface area contributed by atoms with Crippen LogP contribution in [0.25, 0.3) is 0 Å². The number of nitrogens with one attached hydrogen (secondary N) is 3. The molecule has 6 nitrogen and oxygen atoms in total. The minimum absolute atomic E-state index is 0.0517. The van der Waals surface area contributed by atoms with Crippen molar-refractivity contribution in [3.8, 4) is 0 Å². The average molecular weight is 266 g/mol. The molecule has 3 N–H and O–H groups in total. The molecule has 1 rings (SSSR count). The molecule has 0 bridgehead atoms. The number of nitrogens with zero attached hydrogens (tertiary/aromatic N) is 1. The van der Waals surface area contributed by atoms with Crippen LogP contribution in [-0.4, -0.2) is 28.6 Å². The van der Waals surface area contributed by atoms with Gasteiger partial charge in [0, 0.05) is 16.7 Å². The summed E-state index contributed by atoms with van der Waals surface area (Å²) in [5, 5.41) is 12.2. The molecule has 0 saturated carbocycles. The quantitative estimate of drug-likeness (QED) is 0.769. The molecule has 6 heteroatoms. The highest BCUT2D eigenvalue weighted by molar-refractivity contribution is 5.95. The van der Waals surface area contributed by atoms with Crippen LogP contribution < -0.4 is 10.6 Å². The monoisotopic (exact) mass is 266 g/mol. The highest BCUT2D eigenvalue weighted by Gasteiger charge is 2.21. The van der Waals surface area contributed by atoms with Gasteiger partial charge >= 0.3 is 0 Å². The second-order valence-corrected chi connectivity index (χ2v) is 5.51. The minimum atomic E-state index is -0.502. The molecule has 2 amide bonds. The van der Waals surface area contributed by atoms with Gasteiger partial charge in [-0.2, -0.15) is 5.10 Å². The smallest absolute Gasteiger partial charge is 0.244 e. The van der Waals surface area contributed by atoms with E-state index in [2.05, 4.69) is 20.8 Å². The Labute approximate surface area is 113 Å². The normalized spacial score (nSPS) is 11.2. The first kappa shape index (κ1) is 15.2. The summed E-state index contributed by atoms with van der Waals surface area (Å²) in [6, 6.07) is 0. The van der Waals surface area contributed by atoms with E-state index in [0.717, 1.165) is 17.7 Å². The van der Waals surface area contributed by atoms with E-state index in [1.54, 1.807) is 20.8 Å². The van der Waals surface area contributed by atoms with Gasteiger partial charge in [-0.1, -0.05) is 27.7 Å². The van der Waals surface area contributed by atoms with E-state index in [9.17, 15) is 9.59 Å². The van der Waals surface area contributed by atoms with E-state index in [4.69, 9.17) is 0 Å². The lowest BCUT2D eigenvalue weighted by Gasteiger charge is -2.17. The van der Waals surface area contributed by atoms with Crippen molar-refractivity contribution in [2.45, 2.75) is 41.0 Å². The van der Waals surface area contributed by atoms with Gasteiger partial charge in [0.1, 0.15) is 0 Å². The van der Waals surface area contributed by atoms with Crippen molar-refractivity contribution in [2.24, 2.45) is 5.41 Å². The largest absolute Gasteiger partial charge is 0.347 e. The van der Waals surface area contributed by atoms with Crippen molar-refractivity contribution >= 4 is 17.6 Å². The molecule has 0 aliphatic rings. The third-order valence-corrected chi connectivity index (χ3v) is 2.81. The molecule has 0 aromatic carbocycles. The highest BCUT2D eigenvalue weighted by atomic mass is 16.2. The van der Waals surface area contributed by atoms with Gasteiger partial charge in [0.25, 0.3) is 0 Å². The SMILES string of the molecule is CCc1[nH]nc(NC(=O)CNC(=O)C(C)(C)C)c1C. The molecule has 0 aliphatic heterocycles. The van der Waals surface area contributed by atoms with Gasteiger partial charge < -0.3 is 10.6 Å². The molecular weight excluding hydrogens is 244 g/mol. The lowest BCUT2D eigenvalue weighted by atomic mass is 9.96. The Bertz CT molecular complexity index is 471. The summed E-state index contributed by atoms with van der Waals surface area (Å²) in [5.74, 6) is 0.0809. The van der Waals surface area contributed by atoms with Gasteiger partial charge in [0.15, 0.2) is 5.82 Å². The van der Waals surface area contributed by atoms with Gasteiger partial charge in [-0.25, -0.2) is 0 Å². The Morgan fingerprint density at radius 3 is 2.42 bits per heavy atom. The number of carbonyl (C=O) groups excluding carboxylic acids is 2. The van der Waals surface area contributed by atoms with E-state index in [0.29, 0.717) is 5.82 Å². The van der Waals surface area contributed by atoms with Gasteiger partial charge in [-0.3, -0.25) is 14.7 Å². The Hall–Kier alpha value is -1.85. The van der Waals surface area contributed by atoms with Crippen LogP contribution in [0, 0.1) is 12.3 Å². The molecule has 19 heavy (non-hydrogen) atoms. The zero-order valence-corrected chi connectivity index (χ0v) is 12.2. The Morgan fingerprint density at radius 2 is 1.95 bits per heavy atom. The van der Waals surface area contributed by atoms with Crippen molar-refractivity contribution in [3.05, 3.63) is 11.3 Å². The Morgan fingerprint density at radius 1 is 1.32 bits per heavy atom. The summed E-state index contributed by atoms with van der Waals surface area (Å²) >= 11 is 0. The fourth-order valence-corrected chi connectivity index (χ4v) is 1.50. The fourth-order valence-electron chi connectivity index (χ4n) is 1.50. The number of anilines is 1. The van der Waals surface area contributed by atoms with Crippen LogP contribution in [0.4, 0.5) is 5.82 Å². The van der Waals surface area contributed by atoms with E-state index >= 15 is 0 Å². The van der Waals surface area contributed by atoms with E-state index in [1.807, 2.05) is 13.8 Å². The lowest BCUT2D eigenvalue weighted by molar-refractivity contribution is -0.130. The first-order valence-corrected chi connectivity index (χ1v) is 6.37. The summed E-state index contributed by atoms with van der Waals surface area (Å²) in [5.41, 5.74) is 1.42. The van der Waals surface area contributed by atoms with Crippen molar-refractivity contribution < 1.29 is 9.59 Å². The molecule has 0 aliphatic carbocycles. The average Bonchev–Trinajstić information content (AvgIpc) is 2.66. The molecule has 1 heterocycles. The number of amides is 2. The van der Waals surface area contributed by atoms with Gasteiger partial charge in [0.2, 0.25) is 11.8 Å². The summed E-state index contributed by atoms with van der Waals surface area (Å²) in [7, 11) is 0. The van der Waals surface area contributed by atoms with Gasteiger partial charge in [0.05, 0.1) is 6.54 Å². The molecule has 0 atom stereocenters. The third-order valence-electron chi connectivity index (χ3n) is 2.81. The molecule has 1 aromatic rings. The second kappa shape index (κ2) is 5.86. The molecule has 1 aromatic heterocycles. The van der Waals surface area contributed by atoms with E-state index in [-0.39, 0.29) is 18.4 Å². The lowest BCUT2D eigenvalue weighted by Crippen LogP contribution is -2.39.